The Morgan fingerprint density at radius 3 is 2.81 bits per heavy atom. The summed E-state index contributed by atoms with van der Waals surface area (Å²) in [7, 11) is 1.54. The van der Waals surface area contributed by atoms with Crippen LogP contribution in [0, 0.1) is 11.3 Å². The van der Waals surface area contributed by atoms with Gasteiger partial charge in [0.25, 0.3) is 0 Å². The van der Waals surface area contributed by atoms with Crippen LogP contribution in [-0.2, 0) is 4.74 Å². The fourth-order valence-electron chi connectivity index (χ4n) is 3.85. The fraction of sp³-hybridized carbons (Fsp3) is 0.375. The summed E-state index contributed by atoms with van der Waals surface area (Å²) in [5, 5.41) is 17.2. The molecule has 164 valence electrons. The van der Waals surface area contributed by atoms with Crippen molar-refractivity contribution < 1.29 is 14.2 Å². The Balaban J connectivity index is 1.37. The zero-order chi connectivity index (χ0) is 21.9. The molecule has 5 rings (SSSR count). The lowest BCUT2D eigenvalue weighted by Crippen LogP contribution is -2.13. The van der Waals surface area contributed by atoms with Crippen LogP contribution in [0.25, 0.3) is 0 Å². The molecule has 1 aromatic carbocycles. The molecule has 1 aliphatic carbocycles. The van der Waals surface area contributed by atoms with Crippen molar-refractivity contribution in [1.82, 2.24) is 14.8 Å². The summed E-state index contributed by atoms with van der Waals surface area (Å²) in [6, 6.07) is 11.5. The van der Waals surface area contributed by atoms with E-state index in [1.54, 1.807) is 25.4 Å². The van der Waals surface area contributed by atoms with Crippen molar-refractivity contribution in [1.29, 1.82) is 5.26 Å². The molecular weight excluding hydrogens is 406 g/mol. The maximum absolute atomic E-state index is 9.17. The molecule has 32 heavy (non-hydrogen) atoms. The first kappa shape index (κ1) is 20.3. The summed E-state index contributed by atoms with van der Waals surface area (Å²) in [5.74, 6) is 2.53. The molecule has 3 aromatic rings. The molecule has 8 nitrogen and oxygen atoms in total. The Bertz CT molecular complexity index is 1140. The number of rotatable bonds is 7. The first-order valence-corrected chi connectivity index (χ1v) is 10.9. The first-order valence-electron chi connectivity index (χ1n) is 10.9. The molecular formula is C24H25N5O3. The second-order valence-electron chi connectivity index (χ2n) is 8.08. The monoisotopic (exact) mass is 431 g/mol. The number of benzene rings is 1. The summed E-state index contributed by atoms with van der Waals surface area (Å²) in [6.45, 7) is 0.762. The largest absolute Gasteiger partial charge is 0.495 e. The number of pyridine rings is 1. The second-order valence-corrected chi connectivity index (χ2v) is 8.08. The van der Waals surface area contributed by atoms with E-state index < -0.39 is 0 Å². The number of ether oxygens (including phenoxy) is 3. The zero-order valence-electron chi connectivity index (χ0n) is 18.0. The average Bonchev–Trinajstić information content (AvgIpc) is 3.60. The van der Waals surface area contributed by atoms with Crippen molar-refractivity contribution in [3.8, 4) is 23.3 Å². The van der Waals surface area contributed by atoms with Crippen molar-refractivity contribution in [2.75, 3.05) is 19.0 Å². The number of aromatic nitrogens is 3. The van der Waals surface area contributed by atoms with Crippen LogP contribution >= 0.6 is 0 Å². The van der Waals surface area contributed by atoms with E-state index in [4.69, 9.17) is 24.6 Å². The molecule has 2 aromatic heterocycles. The van der Waals surface area contributed by atoms with Gasteiger partial charge in [0.1, 0.15) is 35.2 Å². The number of hydrogen-bond acceptors (Lipinski definition) is 7. The molecule has 2 fully saturated rings. The Hall–Kier alpha value is -3.57. The van der Waals surface area contributed by atoms with Gasteiger partial charge in [-0.3, -0.25) is 4.68 Å². The van der Waals surface area contributed by atoms with Crippen molar-refractivity contribution in [2.45, 2.75) is 44.2 Å². The van der Waals surface area contributed by atoms with Crippen LogP contribution < -0.4 is 14.8 Å². The Morgan fingerprint density at radius 1 is 1.16 bits per heavy atom. The lowest BCUT2D eigenvalue weighted by atomic mass is 10.1. The van der Waals surface area contributed by atoms with E-state index in [2.05, 4.69) is 16.4 Å². The van der Waals surface area contributed by atoms with Crippen LogP contribution in [0.4, 0.5) is 11.5 Å². The Kier molecular flexibility index (Phi) is 5.65. The van der Waals surface area contributed by atoms with Gasteiger partial charge in [-0.1, -0.05) is 0 Å². The van der Waals surface area contributed by atoms with Gasteiger partial charge >= 0.3 is 0 Å². The smallest absolute Gasteiger partial charge is 0.171 e. The molecule has 1 atom stereocenters. The van der Waals surface area contributed by atoms with Crippen LogP contribution in [0.5, 0.6) is 17.2 Å². The van der Waals surface area contributed by atoms with Gasteiger partial charge in [-0.15, -0.1) is 0 Å². The van der Waals surface area contributed by atoms with E-state index in [1.165, 1.54) is 0 Å². The van der Waals surface area contributed by atoms with E-state index >= 15 is 0 Å². The topological polar surface area (TPSA) is 94.2 Å². The molecule has 0 spiro atoms. The normalized spacial score (nSPS) is 18.1. The summed E-state index contributed by atoms with van der Waals surface area (Å²) in [5.41, 5.74) is 2.12. The second kappa shape index (κ2) is 8.89. The van der Waals surface area contributed by atoms with Crippen molar-refractivity contribution in [3.05, 3.63) is 54.0 Å². The first-order chi connectivity index (χ1) is 15.7. The van der Waals surface area contributed by atoms with Crippen LogP contribution in [0.3, 0.4) is 0 Å². The van der Waals surface area contributed by atoms with E-state index in [9.17, 15) is 0 Å². The van der Waals surface area contributed by atoms with E-state index in [-0.39, 0.29) is 6.10 Å². The predicted octanol–water partition coefficient (Wildman–Crippen LogP) is 5.27. The number of nitrogens with one attached hydrogen (secondary N) is 1. The van der Waals surface area contributed by atoms with Gasteiger partial charge in [0.15, 0.2) is 5.75 Å². The summed E-state index contributed by atoms with van der Waals surface area (Å²) >= 11 is 0. The maximum Gasteiger partial charge on any atom is 0.171 e. The molecule has 1 N–H and O–H groups in total. The molecule has 1 unspecified atom stereocenters. The van der Waals surface area contributed by atoms with E-state index in [0.717, 1.165) is 55.8 Å². The summed E-state index contributed by atoms with van der Waals surface area (Å²) in [4.78, 5) is 4.39. The van der Waals surface area contributed by atoms with Crippen molar-refractivity contribution in [2.24, 2.45) is 0 Å². The van der Waals surface area contributed by atoms with Gasteiger partial charge in [0, 0.05) is 30.6 Å². The minimum absolute atomic E-state index is 0.0238. The quantitative estimate of drug-likeness (QED) is 0.544. The maximum atomic E-state index is 9.17. The molecule has 0 amide bonds. The lowest BCUT2D eigenvalue weighted by Gasteiger charge is -2.21. The summed E-state index contributed by atoms with van der Waals surface area (Å²) in [6.07, 6.45) is 9.16. The molecule has 1 saturated heterocycles. The molecule has 0 radical (unpaired) electrons. The predicted molar refractivity (Wildman–Crippen MR) is 118 cm³/mol. The number of methoxy groups -OCH3 is 1. The molecule has 0 bridgehead atoms. The van der Waals surface area contributed by atoms with Crippen molar-refractivity contribution in [3.63, 3.8) is 0 Å². The fourth-order valence-corrected chi connectivity index (χ4v) is 3.85. The SMILES string of the molecule is COc1cc(Nc2cc(Oc3cn(C4CC4)nc3C3CCCCO3)ccn2)ccc1C#N. The highest BCUT2D eigenvalue weighted by atomic mass is 16.5. The van der Waals surface area contributed by atoms with Gasteiger partial charge in [0.2, 0.25) is 0 Å². The Labute approximate surface area is 186 Å². The minimum Gasteiger partial charge on any atom is -0.495 e. The van der Waals surface area contributed by atoms with Crippen LogP contribution in [0.15, 0.2) is 42.7 Å². The van der Waals surface area contributed by atoms with E-state index in [1.807, 2.05) is 29.1 Å². The Morgan fingerprint density at radius 2 is 2.06 bits per heavy atom. The minimum atomic E-state index is -0.0238. The number of nitriles is 1. The van der Waals surface area contributed by atoms with Crippen LogP contribution in [0.2, 0.25) is 0 Å². The third-order valence-corrected chi connectivity index (χ3v) is 5.68. The highest BCUT2D eigenvalue weighted by molar-refractivity contribution is 5.62. The third-order valence-electron chi connectivity index (χ3n) is 5.68. The molecule has 1 saturated carbocycles. The number of anilines is 2. The van der Waals surface area contributed by atoms with Gasteiger partial charge in [0.05, 0.1) is 24.9 Å². The number of nitrogens with zero attached hydrogens (tertiary/aromatic N) is 4. The van der Waals surface area contributed by atoms with Gasteiger partial charge in [-0.05, 0) is 50.3 Å². The standard InChI is InChI=1S/C24H25N5O3/c1-30-21-12-17(6-5-16(21)14-25)27-23-13-19(9-10-26-23)32-22-15-29(18-7-8-18)28-24(22)20-4-2-3-11-31-20/h5-6,9-10,12-13,15,18,20H,2-4,7-8,11H2,1H3,(H,26,27). The molecule has 3 heterocycles. The number of hydrogen-bond donors (Lipinski definition) is 1. The van der Waals surface area contributed by atoms with Gasteiger partial charge in [-0.25, -0.2) is 4.98 Å². The highest BCUT2D eigenvalue weighted by Gasteiger charge is 2.30. The van der Waals surface area contributed by atoms with Crippen LogP contribution in [0.1, 0.15) is 55.5 Å². The molecule has 8 heteroatoms. The zero-order valence-corrected chi connectivity index (χ0v) is 18.0. The van der Waals surface area contributed by atoms with Crippen LogP contribution in [-0.4, -0.2) is 28.5 Å². The molecule has 2 aliphatic rings. The molecule has 1 aliphatic heterocycles. The van der Waals surface area contributed by atoms with Gasteiger partial charge in [-0.2, -0.15) is 10.4 Å². The van der Waals surface area contributed by atoms with Crippen molar-refractivity contribution >= 4 is 11.5 Å². The lowest BCUT2D eigenvalue weighted by molar-refractivity contribution is 0.0109. The van der Waals surface area contributed by atoms with E-state index in [0.29, 0.717) is 28.9 Å². The summed E-state index contributed by atoms with van der Waals surface area (Å²) < 4.78 is 19.6. The highest BCUT2D eigenvalue weighted by Crippen LogP contribution is 2.40. The van der Waals surface area contributed by atoms with Gasteiger partial charge < -0.3 is 19.5 Å². The average molecular weight is 431 g/mol. The third kappa shape index (κ3) is 4.39.